The largest absolute Gasteiger partial charge is 0.352 e. The molecule has 3 nitrogen and oxygen atoms in total. The summed E-state index contributed by atoms with van der Waals surface area (Å²) in [6, 6.07) is 7.62. The van der Waals surface area contributed by atoms with Crippen LogP contribution in [-0.2, 0) is 0 Å². The van der Waals surface area contributed by atoms with Crippen LogP contribution >= 0.6 is 24.2 Å². The molecule has 0 spiro atoms. The third kappa shape index (κ3) is 5.96. The number of hydrogen-bond acceptors (Lipinski definition) is 3. The second kappa shape index (κ2) is 9.33. The lowest BCUT2D eigenvalue weighted by molar-refractivity contribution is 0.0953. The van der Waals surface area contributed by atoms with E-state index >= 15 is 0 Å². The lowest BCUT2D eigenvalue weighted by Gasteiger charge is -2.05. The molecule has 0 aliphatic carbocycles. The van der Waals surface area contributed by atoms with Crippen molar-refractivity contribution in [3.63, 3.8) is 0 Å². The average Bonchev–Trinajstić information content (AvgIpc) is 2.34. The molecule has 0 saturated heterocycles. The summed E-state index contributed by atoms with van der Waals surface area (Å²) in [6.07, 6.45) is 3.90. The predicted octanol–water partition coefficient (Wildman–Crippen LogP) is 2.30. The number of unbranched alkanes of at least 4 members (excludes halogenated alkanes) is 1. The molecular formula is C12H19ClN2OS. The van der Waals surface area contributed by atoms with E-state index in [1.165, 1.54) is 4.90 Å². The summed E-state index contributed by atoms with van der Waals surface area (Å²) >= 11 is 1.67. The van der Waals surface area contributed by atoms with Crippen molar-refractivity contribution in [2.24, 2.45) is 5.73 Å². The normalized spacial score (nSPS) is 9.53. The second-order valence-electron chi connectivity index (χ2n) is 3.48. The molecule has 0 heterocycles. The Balaban J connectivity index is 0.00000256. The Morgan fingerprint density at radius 3 is 2.47 bits per heavy atom. The van der Waals surface area contributed by atoms with Gasteiger partial charge < -0.3 is 11.1 Å². The molecule has 0 fully saturated rings. The quantitative estimate of drug-likeness (QED) is 0.618. The van der Waals surface area contributed by atoms with Gasteiger partial charge in [0.1, 0.15) is 0 Å². The molecule has 0 atom stereocenters. The van der Waals surface area contributed by atoms with Crippen LogP contribution in [0.2, 0.25) is 0 Å². The average molecular weight is 275 g/mol. The number of nitrogens with two attached hydrogens (primary N) is 1. The summed E-state index contributed by atoms with van der Waals surface area (Å²) in [6.45, 7) is 1.37. The Bertz CT molecular complexity index is 330. The highest BCUT2D eigenvalue weighted by atomic mass is 35.5. The number of carbonyl (C=O) groups excluding carboxylic acids is 1. The van der Waals surface area contributed by atoms with Crippen molar-refractivity contribution in [1.29, 1.82) is 0 Å². The maximum absolute atomic E-state index is 11.7. The van der Waals surface area contributed by atoms with Crippen molar-refractivity contribution in [2.75, 3.05) is 19.3 Å². The molecule has 0 unspecified atom stereocenters. The molecule has 1 amide bonds. The van der Waals surface area contributed by atoms with E-state index in [1.54, 1.807) is 11.8 Å². The number of carbonyl (C=O) groups is 1. The van der Waals surface area contributed by atoms with Crippen LogP contribution in [0, 0.1) is 0 Å². The zero-order valence-corrected chi connectivity index (χ0v) is 11.6. The van der Waals surface area contributed by atoms with E-state index in [2.05, 4.69) is 5.32 Å². The van der Waals surface area contributed by atoms with Gasteiger partial charge in [-0.05, 0) is 49.9 Å². The SMILES string of the molecule is CSc1ccc(C(=O)NCCCCN)cc1.Cl. The summed E-state index contributed by atoms with van der Waals surface area (Å²) in [5.74, 6) is -0.00956. The van der Waals surface area contributed by atoms with Gasteiger partial charge in [0.05, 0.1) is 0 Å². The van der Waals surface area contributed by atoms with Crippen molar-refractivity contribution < 1.29 is 4.79 Å². The van der Waals surface area contributed by atoms with E-state index in [-0.39, 0.29) is 18.3 Å². The van der Waals surface area contributed by atoms with E-state index in [9.17, 15) is 4.79 Å². The molecule has 1 aromatic rings. The summed E-state index contributed by atoms with van der Waals surface area (Å²) in [5.41, 5.74) is 6.09. The van der Waals surface area contributed by atoms with E-state index in [4.69, 9.17) is 5.73 Å². The minimum absolute atomic E-state index is 0. The molecule has 1 rings (SSSR count). The highest BCUT2D eigenvalue weighted by molar-refractivity contribution is 7.98. The van der Waals surface area contributed by atoms with Crippen molar-refractivity contribution in [3.05, 3.63) is 29.8 Å². The van der Waals surface area contributed by atoms with E-state index in [0.717, 1.165) is 12.8 Å². The van der Waals surface area contributed by atoms with Gasteiger partial charge in [0, 0.05) is 17.0 Å². The molecule has 96 valence electrons. The fraction of sp³-hybridized carbons (Fsp3) is 0.417. The smallest absolute Gasteiger partial charge is 0.251 e. The Kier molecular flexibility index (Phi) is 8.94. The highest BCUT2D eigenvalue weighted by Gasteiger charge is 2.03. The summed E-state index contributed by atoms with van der Waals surface area (Å²) in [7, 11) is 0. The first-order chi connectivity index (χ1) is 7.77. The Morgan fingerprint density at radius 1 is 1.29 bits per heavy atom. The molecule has 0 aromatic heterocycles. The van der Waals surface area contributed by atoms with Gasteiger partial charge in [-0.25, -0.2) is 0 Å². The standard InChI is InChI=1S/C12H18N2OS.ClH/c1-16-11-6-4-10(5-7-11)12(15)14-9-3-2-8-13;/h4-7H,2-3,8-9,13H2,1H3,(H,14,15);1H. The number of halogens is 1. The summed E-state index contributed by atoms with van der Waals surface area (Å²) in [5, 5.41) is 2.87. The lowest BCUT2D eigenvalue weighted by Crippen LogP contribution is -2.24. The number of amides is 1. The maximum Gasteiger partial charge on any atom is 0.251 e. The molecule has 5 heteroatoms. The second-order valence-corrected chi connectivity index (χ2v) is 4.36. The van der Waals surface area contributed by atoms with E-state index in [0.29, 0.717) is 18.7 Å². The van der Waals surface area contributed by atoms with Gasteiger partial charge in [-0.15, -0.1) is 24.2 Å². The minimum atomic E-state index is -0.00956. The van der Waals surface area contributed by atoms with Gasteiger partial charge in [0.25, 0.3) is 5.91 Å². The monoisotopic (exact) mass is 274 g/mol. The van der Waals surface area contributed by atoms with Crippen LogP contribution in [0.4, 0.5) is 0 Å². The number of rotatable bonds is 6. The number of nitrogens with one attached hydrogen (secondary N) is 1. The number of benzene rings is 1. The lowest BCUT2D eigenvalue weighted by atomic mass is 10.2. The highest BCUT2D eigenvalue weighted by Crippen LogP contribution is 2.14. The van der Waals surface area contributed by atoms with Crippen molar-refractivity contribution in [2.45, 2.75) is 17.7 Å². The first-order valence-electron chi connectivity index (χ1n) is 5.40. The minimum Gasteiger partial charge on any atom is -0.352 e. The first-order valence-corrected chi connectivity index (χ1v) is 6.62. The fourth-order valence-electron chi connectivity index (χ4n) is 1.32. The zero-order valence-electron chi connectivity index (χ0n) is 9.94. The van der Waals surface area contributed by atoms with Gasteiger partial charge in [0.2, 0.25) is 0 Å². The Hall–Kier alpha value is -0.710. The van der Waals surface area contributed by atoms with Gasteiger partial charge in [-0.2, -0.15) is 0 Å². The van der Waals surface area contributed by atoms with Crippen LogP contribution in [0.15, 0.2) is 29.2 Å². The van der Waals surface area contributed by atoms with Gasteiger partial charge >= 0.3 is 0 Å². The predicted molar refractivity (Wildman–Crippen MR) is 76.1 cm³/mol. The third-order valence-corrected chi connectivity index (χ3v) is 3.01. The number of hydrogen-bond donors (Lipinski definition) is 2. The maximum atomic E-state index is 11.7. The Labute approximate surface area is 113 Å². The summed E-state index contributed by atoms with van der Waals surface area (Å²) < 4.78 is 0. The Morgan fingerprint density at radius 2 is 1.94 bits per heavy atom. The topological polar surface area (TPSA) is 55.1 Å². The van der Waals surface area contributed by atoms with Crippen molar-refractivity contribution >= 4 is 30.1 Å². The molecule has 1 aromatic carbocycles. The number of thioether (sulfide) groups is 1. The fourth-order valence-corrected chi connectivity index (χ4v) is 1.72. The van der Waals surface area contributed by atoms with Crippen molar-refractivity contribution in [3.8, 4) is 0 Å². The molecule has 0 aliphatic heterocycles. The molecule has 3 N–H and O–H groups in total. The molecule has 0 saturated carbocycles. The van der Waals surface area contributed by atoms with Crippen LogP contribution < -0.4 is 11.1 Å². The summed E-state index contributed by atoms with van der Waals surface area (Å²) in [4.78, 5) is 12.8. The zero-order chi connectivity index (χ0) is 11.8. The first kappa shape index (κ1) is 16.3. The van der Waals surface area contributed by atoms with Crippen LogP contribution in [0.1, 0.15) is 23.2 Å². The molecule has 0 aliphatic rings. The van der Waals surface area contributed by atoms with Gasteiger partial charge in [-0.3, -0.25) is 4.79 Å². The molecule has 0 bridgehead atoms. The van der Waals surface area contributed by atoms with Crippen LogP contribution in [-0.4, -0.2) is 25.3 Å². The van der Waals surface area contributed by atoms with Crippen LogP contribution in [0.25, 0.3) is 0 Å². The van der Waals surface area contributed by atoms with E-state index in [1.807, 2.05) is 30.5 Å². The van der Waals surface area contributed by atoms with Crippen molar-refractivity contribution in [1.82, 2.24) is 5.32 Å². The van der Waals surface area contributed by atoms with Crippen LogP contribution in [0.3, 0.4) is 0 Å². The third-order valence-electron chi connectivity index (χ3n) is 2.27. The molecule has 17 heavy (non-hydrogen) atoms. The van der Waals surface area contributed by atoms with Gasteiger partial charge in [-0.1, -0.05) is 0 Å². The van der Waals surface area contributed by atoms with E-state index < -0.39 is 0 Å². The van der Waals surface area contributed by atoms with Gasteiger partial charge in [0.15, 0.2) is 0 Å². The molecular weight excluding hydrogens is 256 g/mol. The van der Waals surface area contributed by atoms with Crippen LogP contribution in [0.5, 0.6) is 0 Å². The molecule has 0 radical (unpaired) electrons.